The molecule has 0 fully saturated rings. The molecule has 0 aliphatic heterocycles. The van der Waals surface area contributed by atoms with E-state index in [1.807, 2.05) is 0 Å². The Morgan fingerprint density at radius 3 is 2.69 bits per heavy atom. The molecule has 1 aromatic heterocycles. The summed E-state index contributed by atoms with van der Waals surface area (Å²) in [7, 11) is 0. The third kappa shape index (κ3) is 2.66. The predicted octanol–water partition coefficient (Wildman–Crippen LogP) is 2.69. The molecule has 0 aromatic carbocycles. The summed E-state index contributed by atoms with van der Waals surface area (Å²) in [5.41, 5.74) is 2.24. The molecule has 1 aromatic rings. The largest absolute Gasteiger partial charge is 0.506 e. The number of aryl methyl sites for hydroxylation is 1. The molecule has 74 valence electrons. The van der Waals surface area contributed by atoms with Crippen LogP contribution in [0.2, 0.25) is 0 Å². The van der Waals surface area contributed by atoms with Gasteiger partial charge in [0.25, 0.3) is 0 Å². The average Bonchev–Trinajstić information content (AvgIpc) is 2.09. The Balaban J connectivity index is 0.00000144. The van der Waals surface area contributed by atoms with Crippen molar-refractivity contribution in [1.29, 1.82) is 0 Å². The molecule has 0 saturated carbocycles. The molecule has 0 aliphatic rings. The summed E-state index contributed by atoms with van der Waals surface area (Å²) >= 11 is 9.75. The van der Waals surface area contributed by atoms with Crippen LogP contribution >= 0.6 is 36.6 Å². The van der Waals surface area contributed by atoms with E-state index in [2.05, 4.69) is 17.6 Å². The second-order valence-corrected chi connectivity index (χ2v) is 3.07. The predicted molar refractivity (Wildman–Crippen MR) is 60.1 cm³/mol. The standard InChI is InChI=1S/C8H10ClNOS.ClH/c1-5-8(11)7(4-12)6(2-9)3-10-5;/h3,11-12H,2,4H2,1H3;1H. The highest BCUT2D eigenvalue weighted by Gasteiger charge is 2.08. The second-order valence-electron chi connectivity index (χ2n) is 2.49. The Morgan fingerprint density at radius 2 is 2.23 bits per heavy atom. The summed E-state index contributed by atoms with van der Waals surface area (Å²) < 4.78 is 0. The molecule has 2 nitrogen and oxygen atoms in total. The van der Waals surface area contributed by atoms with E-state index < -0.39 is 0 Å². The van der Waals surface area contributed by atoms with Crippen LogP contribution in [0.3, 0.4) is 0 Å². The zero-order chi connectivity index (χ0) is 9.14. The number of hydrogen-bond donors (Lipinski definition) is 2. The molecule has 1 N–H and O–H groups in total. The first-order valence-corrected chi connectivity index (χ1v) is 4.70. The minimum Gasteiger partial charge on any atom is -0.506 e. The smallest absolute Gasteiger partial charge is 0.141 e. The molecule has 1 heterocycles. The summed E-state index contributed by atoms with van der Waals surface area (Å²) in [4.78, 5) is 3.99. The number of aromatic hydroxyl groups is 1. The zero-order valence-electron chi connectivity index (χ0n) is 7.12. The first kappa shape index (κ1) is 12.9. The van der Waals surface area contributed by atoms with Crippen LogP contribution in [-0.2, 0) is 11.6 Å². The van der Waals surface area contributed by atoms with Crippen molar-refractivity contribution in [2.75, 3.05) is 0 Å². The van der Waals surface area contributed by atoms with Gasteiger partial charge in [-0.25, -0.2) is 0 Å². The fourth-order valence-corrected chi connectivity index (χ4v) is 1.56. The summed E-state index contributed by atoms with van der Waals surface area (Å²) in [6, 6.07) is 0. The summed E-state index contributed by atoms with van der Waals surface area (Å²) in [6.45, 7) is 1.75. The van der Waals surface area contributed by atoms with Crippen LogP contribution in [0, 0.1) is 6.92 Å². The third-order valence-electron chi connectivity index (χ3n) is 1.73. The number of thiol groups is 1. The van der Waals surface area contributed by atoms with Crippen molar-refractivity contribution in [3.05, 3.63) is 23.0 Å². The lowest BCUT2D eigenvalue weighted by atomic mass is 10.1. The Bertz CT molecular complexity index is 294. The molecule has 5 heteroatoms. The lowest BCUT2D eigenvalue weighted by Gasteiger charge is -2.07. The molecule has 0 radical (unpaired) electrons. The van der Waals surface area contributed by atoms with Crippen molar-refractivity contribution in [3.8, 4) is 5.75 Å². The van der Waals surface area contributed by atoms with Crippen molar-refractivity contribution < 1.29 is 5.11 Å². The number of alkyl halides is 1. The first-order valence-electron chi connectivity index (χ1n) is 3.53. The highest BCUT2D eigenvalue weighted by atomic mass is 35.5. The van der Waals surface area contributed by atoms with E-state index >= 15 is 0 Å². The van der Waals surface area contributed by atoms with Gasteiger partial charge in [-0.3, -0.25) is 4.98 Å². The minimum absolute atomic E-state index is 0. The van der Waals surface area contributed by atoms with Crippen LogP contribution in [0.25, 0.3) is 0 Å². The molecule has 0 aliphatic carbocycles. The van der Waals surface area contributed by atoms with Crippen molar-refractivity contribution in [2.45, 2.75) is 18.6 Å². The monoisotopic (exact) mass is 239 g/mol. The van der Waals surface area contributed by atoms with E-state index in [1.165, 1.54) is 0 Å². The highest BCUT2D eigenvalue weighted by Crippen LogP contribution is 2.25. The van der Waals surface area contributed by atoms with Gasteiger partial charge in [0.15, 0.2) is 0 Å². The van der Waals surface area contributed by atoms with Crippen molar-refractivity contribution in [3.63, 3.8) is 0 Å². The quantitative estimate of drug-likeness (QED) is 0.615. The molecule has 0 saturated heterocycles. The number of hydrogen-bond acceptors (Lipinski definition) is 3. The van der Waals surface area contributed by atoms with Crippen LogP contribution in [0.1, 0.15) is 16.8 Å². The molecule has 0 bridgehead atoms. The molecule has 0 amide bonds. The molecule has 1 rings (SSSR count). The number of pyridine rings is 1. The van der Waals surface area contributed by atoms with Gasteiger partial charge >= 0.3 is 0 Å². The van der Waals surface area contributed by atoms with Gasteiger partial charge in [0.1, 0.15) is 5.75 Å². The Kier molecular flexibility index (Phi) is 5.53. The Labute approximate surface area is 94.2 Å². The fraction of sp³-hybridized carbons (Fsp3) is 0.375. The summed E-state index contributed by atoms with van der Waals surface area (Å²) in [5, 5.41) is 9.54. The SMILES string of the molecule is Cc1ncc(CCl)c(CS)c1O.Cl. The molecule has 13 heavy (non-hydrogen) atoms. The summed E-state index contributed by atoms with van der Waals surface area (Å²) in [6.07, 6.45) is 1.67. The van der Waals surface area contributed by atoms with Gasteiger partial charge in [0, 0.05) is 23.4 Å². The maximum atomic E-state index is 9.54. The highest BCUT2D eigenvalue weighted by molar-refractivity contribution is 7.79. The van der Waals surface area contributed by atoms with E-state index in [9.17, 15) is 5.11 Å². The number of nitrogens with zero attached hydrogens (tertiary/aromatic N) is 1. The maximum absolute atomic E-state index is 9.54. The number of rotatable bonds is 2. The van der Waals surface area contributed by atoms with Crippen LogP contribution in [-0.4, -0.2) is 10.1 Å². The van der Waals surface area contributed by atoms with Gasteiger partial charge < -0.3 is 5.11 Å². The number of halogens is 2. The van der Waals surface area contributed by atoms with Gasteiger partial charge in [-0.1, -0.05) is 0 Å². The molecular weight excluding hydrogens is 229 g/mol. The minimum atomic E-state index is 0. The molecular formula is C8H11Cl2NOS. The van der Waals surface area contributed by atoms with Crippen molar-refractivity contribution >= 4 is 36.6 Å². The summed E-state index contributed by atoms with van der Waals surface area (Å²) in [5.74, 6) is 1.05. The van der Waals surface area contributed by atoms with Crippen molar-refractivity contribution in [1.82, 2.24) is 4.98 Å². The third-order valence-corrected chi connectivity index (χ3v) is 2.34. The Hall–Kier alpha value is -0.120. The van der Waals surface area contributed by atoms with Crippen LogP contribution in [0.4, 0.5) is 0 Å². The van der Waals surface area contributed by atoms with Gasteiger partial charge in [-0.2, -0.15) is 12.6 Å². The van der Waals surface area contributed by atoms with E-state index in [-0.39, 0.29) is 18.2 Å². The van der Waals surface area contributed by atoms with Gasteiger partial charge in [0.05, 0.1) is 5.69 Å². The Morgan fingerprint density at radius 1 is 1.62 bits per heavy atom. The topological polar surface area (TPSA) is 33.1 Å². The lowest BCUT2D eigenvalue weighted by molar-refractivity contribution is 0.462. The molecule has 0 atom stereocenters. The van der Waals surface area contributed by atoms with Gasteiger partial charge in [-0.05, 0) is 12.5 Å². The van der Waals surface area contributed by atoms with Gasteiger partial charge in [0.2, 0.25) is 0 Å². The first-order chi connectivity index (χ1) is 5.70. The van der Waals surface area contributed by atoms with E-state index in [1.54, 1.807) is 13.1 Å². The second kappa shape index (κ2) is 5.58. The van der Waals surface area contributed by atoms with E-state index in [0.717, 1.165) is 11.1 Å². The fourth-order valence-electron chi connectivity index (χ4n) is 0.976. The van der Waals surface area contributed by atoms with E-state index in [4.69, 9.17) is 11.6 Å². The van der Waals surface area contributed by atoms with E-state index in [0.29, 0.717) is 17.3 Å². The van der Waals surface area contributed by atoms with Crippen LogP contribution < -0.4 is 0 Å². The van der Waals surface area contributed by atoms with Crippen molar-refractivity contribution in [2.24, 2.45) is 0 Å². The molecule has 0 unspecified atom stereocenters. The number of aromatic nitrogens is 1. The maximum Gasteiger partial charge on any atom is 0.141 e. The molecule has 0 spiro atoms. The van der Waals surface area contributed by atoms with Crippen LogP contribution in [0.5, 0.6) is 5.75 Å². The van der Waals surface area contributed by atoms with Crippen LogP contribution in [0.15, 0.2) is 6.20 Å². The average molecular weight is 240 g/mol. The van der Waals surface area contributed by atoms with Gasteiger partial charge in [-0.15, -0.1) is 24.0 Å². The lowest BCUT2D eigenvalue weighted by Crippen LogP contribution is -1.94. The zero-order valence-corrected chi connectivity index (χ0v) is 9.59. The normalized spacial score (nSPS) is 9.46.